The van der Waals surface area contributed by atoms with Crippen molar-refractivity contribution >= 4 is 5.91 Å². The van der Waals surface area contributed by atoms with Gasteiger partial charge in [-0.05, 0) is 31.5 Å². The van der Waals surface area contributed by atoms with E-state index in [2.05, 4.69) is 10.1 Å². The number of carbonyl (C=O) groups is 1. The molecule has 24 heavy (non-hydrogen) atoms. The van der Waals surface area contributed by atoms with E-state index in [0.29, 0.717) is 18.2 Å². The van der Waals surface area contributed by atoms with Crippen LogP contribution in [0.3, 0.4) is 0 Å². The van der Waals surface area contributed by atoms with Crippen LogP contribution in [-0.2, 0) is 0 Å². The van der Waals surface area contributed by atoms with Crippen LogP contribution < -0.4 is 0 Å². The van der Waals surface area contributed by atoms with Crippen LogP contribution in [0.15, 0.2) is 34.9 Å². The summed E-state index contributed by atoms with van der Waals surface area (Å²) in [5, 5.41) is 3.87. The van der Waals surface area contributed by atoms with E-state index in [9.17, 15) is 9.18 Å². The van der Waals surface area contributed by atoms with Crippen molar-refractivity contribution in [2.24, 2.45) is 0 Å². The number of aromatic nitrogens is 1. The number of rotatable bonds is 2. The lowest BCUT2D eigenvalue weighted by Gasteiger charge is -2.43. The largest absolute Gasteiger partial charge is 0.355 e. The first-order valence-electron chi connectivity index (χ1n) is 8.47. The number of halogens is 1. The Kier molecular flexibility index (Phi) is 4.06. The molecule has 1 aromatic heterocycles. The van der Waals surface area contributed by atoms with E-state index in [1.807, 2.05) is 4.90 Å². The van der Waals surface area contributed by atoms with Crippen LogP contribution >= 0.6 is 0 Å². The summed E-state index contributed by atoms with van der Waals surface area (Å²) >= 11 is 0. The molecule has 3 heterocycles. The number of amides is 1. The van der Waals surface area contributed by atoms with E-state index >= 15 is 0 Å². The number of carbonyl (C=O) groups excluding carboxylic acids is 1. The minimum absolute atomic E-state index is 0.133. The first-order valence-corrected chi connectivity index (χ1v) is 8.47. The van der Waals surface area contributed by atoms with Gasteiger partial charge in [0, 0.05) is 31.7 Å². The Balaban J connectivity index is 1.50. The zero-order chi connectivity index (χ0) is 16.5. The van der Waals surface area contributed by atoms with Gasteiger partial charge in [-0.1, -0.05) is 23.7 Å². The van der Waals surface area contributed by atoms with Crippen LogP contribution in [0.25, 0.3) is 11.3 Å². The van der Waals surface area contributed by atoms with Crippen molar-refractivity contribution in [3.8, 4) is 11.3 Å². The molecule has 6 heteroatoms. The number of hydrogen-bond acceptors (Lipinski definition) is 4. The maximum Gasteiger partial charge on any atom is 0.276 e. The van der Waals surface area contributed by atoms with Gasteiger partial charge < -0.3 is 9.42 Å². The Labute approximate surface area is 140 Å². The average Bonchev–Trinajstić information content (AvgIpc) is 3.11. The molecule has 2 fully saturated rings. The fourth-order valence-corrected chi connectivity index (χ4v) is 3.67. The Hall–Kier alpha value is -2.21. The predicted molar refractivity (Wildman–Crippen MR) is 87.0 cm³/mol. The molecule has 0 saturated carbocycles. The van der Waals surface area contributed by atoms with E-state index in [-0.39, 0.29) is 23.2 Å². The quantitative estimate of drug-likeness (QED) is 0.850. The average molecular weight is 329 g/mol. The van der Waals surface area contributed by atoms with E-state index < -0.39 is 0 Å². The standard InChI is InChI=1S/C18H20FN3O2/c19-15-7-2-1-6-14(15)17-11-16(20-24-17)18(23)22-10-9-21-8-4-3-5-13(21)12-22/h1-2,6-7,11,13H,3-5,8-10,12H2/t13-/m0/s1. The number of hydrogen-bond donors (Lipinski definition) is 0. The molecule has 0 aliphatic carbocycles. The van der Waals surface area contributed by atoms with Crippen LogP contribution in [0.2, 0.25) is 0 Å². The van der Waals surface area contributed by atoms with Crippen LogP contribution in [0, 0.1) is 5.82 Å². The Morgan fingerprint density at radius 1 is 1.21 bits per heavy atom. The highest BCUT2D eigenvalue weighted by molar-refractivity contribution is 5.93. The van der Waals surface area contributed by atoms with Gasteiger partial charge in [-0.2, -0.15) is 0 Å². The molecular weight excluding hydrogens is 309 g/mol. The summed E-state index contributed by atoms with van der Waals surface area (Å²) in [5.74, 6) is -0.234. The Bertz CT molecular complexity index is 745. The molecule has 126 valence electrons. The summed E-state index contributed by atoms with van der Waals surface area (Å²) in [5.41, 5.74) is 0.568. The molecule has 1 aromatic carbocycles. The second-order valence-corrected chi connectivity index (χ2v) is 6.49. The fourth-order valence-electron chi connectivity index (χ4n) is 3.67. The van der Waals surface area contributed by atoms with Crippen LogP contribution in [0.5, 0.6) is 0 Å². The molecule has 0 bridgehead atoms. The highest BCUT2D eigenvalue weighted by Gasteiger charge is 2.32. The summed E-state index contributed by atoms with van der Waals surface area (Å²) in [6.07, 6.45) is 3.62. The number of nitrogens with zero attached hydrogens (tertiary/aromatic N) is 3. The Morgan fingerprint density at radius 3 is 2.96 bits per heavy atom. The summed E-state index contributed by atoms with van der Waals surface area (Å²) in [4.78, 5) is 17.0. The molecular formula is C18H20FN3O2. The van der Waals surface area contributed by atoms with Crippen molar-refractivity contribution in [3.63, 3.8) is 0 Å². The molecule has 2 saturated heterocycles. The molecule has 2 aliphatic heterocycles. The van der Waals surface area contributed by atoms with Gasteiger partial charge in [0.1, 0.15) is 5.82 Å². The van der Waals surface area contributed by atoms with Gasteiger partial charge in [0.25, 0.3) is 5.91 Å². The second kappa shape index (κ2) is 6.36. The number of piperidine rings is 1. The maximum absolute atomic E-state index is 13.8. The van der Waals surface area contributed by atoms with Crippen molar-refractivity contribution in [1.82, 2.24) is 15.0 Å². The summed E-state index contributed by atoms with van der Waals surface area (Å²) < 4.78 is 19.0. The van der Waals surface area contributed by atoms with Crippen molar-refractivity contribution in [1.29, 1.82) is 0 Å². The van der Waals surface area contributed by atoms with Gasteiger partial charge in [-0.3, -0.25) is 9.69 Å². The fraction of sp³-hybridized carbons (Fsp3) is 0.444. The van der Waals surface area contributed by atoms with Gasteiger partial charge in [-0.25, -0.2) is 4.39 Å². The minimum atomic E-state index is -0.386. The lowest BCUT2D eigenvalue weighted by Crippen LogP contribution is -2.56. The molecule has 0 radical (unpaired) electrons. The van der Waals surface area contributed by atoms with Crippen LogP contribution in [0.4, 0.5) is 4.39 Å². The summed E-state index contributed by atoms with van der Waals surface area (Å²) in [6, 6.07) is 8.31. The molecule has 4 rings (SSSR count). The number of benzene rings is 1. The van der Waals surface area contributed by atoms with Crippen molar-refractivity contribution in [3.05, 3.63) is 41.8 Å². The van der Waals surface area contributed by atoms with E-state index in [4.69, 9.17) is 4.52 Å². The van der Waals surface area contributed by atoms with Crippen molar-refractivity contribution < 1.29 is 13.7 Å². The molecule has 1 amide bonds. The monoisotopic (exact) mass is 329 g/mol. The SMILES string of the molecule is O=C(c1cc(-c2ccccc2F)on1)N1CCN2CCCC[C@H]2C1. The van der Waals surface area contributed by atoms with Gasteiger partial charge in [0.2, 0.25) is 0 Å². The molecule has 0 spiro atoms. The Morgan fingerprint density at radius 2 is 2.08 bits per heavy atom. The van der Waals surface area contributed by atoms with Crippen molar-refractivity contribution in [2.75, 3.05) is 26.2 Å². The lowest BCUT2D eigenvalue weighted by atomic mass is 9.99. The lowest BCUT2D eigenvalue weighted by molar-refractivity contribution is 0.0365. The van der Waals surface area contributed by atoms with E-state index in [1.54, 1.807) is 18.2 Å². The number of piperazine rings is 1. The third kappa shape index (κ3) is 2.82. The molecule has 1 atom stereocenters. The predicted octanol–water partition coefficient (Wildman–Crippen LogP) is 2.79. The zero-order valence-electron chi connectivity index (χ0n) is 13.4. The van der Waals surface area contributed by atoms with Gasteiger partial charge in [-0.15, -0.1) is 0 Å². The topological polar surface area (TPSA) is 49.6 Å². The van der Waals surface area contributed by atoms with Crippen molar-refractivity contribution in [2.45, 2.75) is 25.3 Å². The normalized spacial score (nSPS) is 21.5. The highest BCUT2D eigenvalue weighted by Crippen LogP contribution is 2.25. The van der Waals surface area contributed by atoms with Gasteiger partial charge >= 0.3 is 0 Å². The minimum Gasteiger partial charge on any atom is -0.355 e. The van der Waals surface area contributed by atoms with Crippen LogP contribution in [-0.4, -0.2) is 53.1 Å². The molecule has 5 nitrogen and oxygen atoms in total. The third-order valence-electron chi connectivity index (χ3n) is 4.99. The molecule has 2 aliphatic rings. The molecule has 0 N–H and O–H groups in total. The third-order valence-corrected chi connectivity index (χ3v) is 4.99. The van der Waals surface area contributed by atoms with Gasteiger partial charge in [0.15, 0.2) is 11.5 Å². The zero-order valence-corrected chi connectivity index (χ0v) is 13.4. The molecule has 2 aromatic rings. The smallest absolute Gasteiger partial charge is 0.276 e. The molecule has 0 unspecified atom stereocenters. The van der Waals surface area contributed by atoms with E-state index in [1.165, 1.54) is 25.0 Å². The second-order valence-electron chi connectivity index (χ2n) is 6.49. The first-order chi connectivity index (χ1) is 11.7. The summed E-state index contributed by atoms with van der Waals surface area (Å²) in [6.45, 7) is 3.49. The highest BCUT2D eigenvalue weighted by atomic mass is 19.1. The van der Waals surface area contributed by atoms with Gasteiger partial charge in [0.05, 0.1) is 5.56 Å². The summed E-state index contributed by atoms with van der Waals surface area (Å²) in [7, 11) is 0. The van der Waals surface area contributed by atoms with E-state index in [0.717, 1.165) is 26.1 Å². The maximum atomic E-state index is 13.8. The van der Waals surface area contributed by atoms with Crippen LogP contribution in [0.1, 0.15) is 29.8 Å². The number of fused-ring (bicyclic) bond motifs is 1. The first kappa shape index (κ1) is 15.3.